The fraction of sp³-hybridized carbons (Fsp3) is 0.333. The zero-order valence-corrected chi connectivity index (χ0v) is 17.8. The van der Waals surface area contributed by atoms with Crippen molar-refractivity contribution in [1.82, 2.24) is 10.6 Å². The van der Waals surface area contributed by atoms with E-state index in [2.05, 4.69) is 15.6 Å². The second kappa shape index (κ2) is 9.97. The molecule has 30 heavy (non-hydrogen) atoms. The lowest BCUT2D eigenvalue weighted by Crippen LogP contribution is -2.54. The van der Waals surface area contributed by atoms with Gasteiger partial charge in [0.2, 0.25) is 5.96 Å². The minimum Gasteiger partial charge on any atom is -0.351 e. The summed E-state index contributed by atoms with van der Waals surface area (Å²) in [4.78, 5) is 16.5. The smallest absolute Gasteiger partial charge is 0.280 e. The first-order valence-corrected chi connectivity index (χ1v) is 9.72. The van der Waals surface area contributed by atoms with Crippen molar-refractivity contribution in [3.05, 3.63) is 70.2 Å². The zero-order valence-electron chi connectivity index (χ0n) is 17.0. The number of carbonyl (C=O) groups excluding carboxylic acids is 1. The minimum atomic E-state index is -0.710. The molecule has 0 fully saturated rings. The van der Waals surface area contributed by atoms with Crippen molar-refractivity contribution in [2.75, 3.05) is 0 Å². The van der Waals surface area contributed by atoms with Gasteiger partial charge in [-0.3, -0.25) is 4.79 Å². The Hall–Kier alpha value is -2.55. The number of hydrogen-bond donors (Lipinski definition) is 4. The summed E-state index contributed by atoms with van der Waals surface area (Å²) < 4.78 is 26.8. The van der Waals surface area contributed by atoms with E-state index in [1.54, 1.807) is 12.1 Å². The van der Waals surface area contributed by atoms with E-state index in [0.717, 1.165) is 11.6 Å². The van der Waals surface area contributed by atoms with E-state index in [4.69, 9.17) is 23.1 Å². The number of hydrogen-bond acceptors (Lipinski definition) is 3. The molecule has 2 aromatic carbocycles. The third-order valence-corrected chi connectivity index (χ3v) is 4.31. The van der Waals surface area contributed by atoms with Crippen LogP contribution in [0.25, 0.3) is 0 Å². The molecule has 2 rings (SSSR count). The predicted octanol–water partition coefficient (Wildman–Crippen LogP) is 3.47. The molecule has 162 valence electrons. The monoisotopic (exact) mass is 437 g/mol. The lowest BCUT2D eigenvalue weighted by Gasteiger charge is -2.27. The second-order valence-electron chi connectivity index (χ2n) is 7.91. The highest BCUT2D eigenvalue weighted by Crippen LogP contribution is 2.17. The summed E-state index contributed by atoms with van der Waals surface area (Å²) in [6.07, 6.45) is -0.367. The Bertz CT molecular complexity index is 913. The van der Waals surface area contributed by atoms with Gasteiger partial charge in [0.15, 0.2) is 0 Å². The summed E-state index contributed by atoms with van der Waals surface area (Å²) in [5.41, 5.74) is 12.6. The van der Waals surface area contributed by atoms with Crippen LogP contribution in [0.4, 0.5) is 8.78 Å². The van der Waals surface area contributed by atoms with Crippen molar-refractivity contribution in [1.29, 1.82) is 0 Å². The van der Waals surface area contributed by atoms with E-state index in [-0.39, 0.29) is 22.4 Å². The summed E-state index contributed by atoms with van der Waals surface area (Å²) in [7, 11) is 0. The Morgan fingerprint density at radius 3 is 2.33 bits per heavy atom. The van der Waals surface area contributed by atoms with Gasteiger partial charge in [0.05, 0.1) is 11.2 Å². The molecule has 0 aliphatic heterocycles. The van der Waals surface area contributed by atoms with Gasteiger partial charge < -0.3 is 22.1 Å². The molecule has 2 unspecified atom stereocenters. The first-order chi connectivity index (χ1) is 13.9. The molecule has 0 aromatic heterocycles. The number of nitrogens with zero attached hydrogens (tertiary/aromatic N) is 1. The summed E-state index contributed by atoms with van der Waals surface area (Å²) in [6, 6.07) is 9.07. The van der Waals surface area contributed by atoms with Crippen molar-refractivity contribution in [2.24, 2.45) is 16.5 Å². The first kappa shape index (κ1) is 23.7. The molecule has 0 bridgehead atoms. The van der Waals surface area contributed by atoms with E-state index >= 15 is 0 Å². The largest absolute Gasteiger partial charge is 0.351 e. The Kier molecular flexibility index (Phi) is 7.89. The Labute approximate surface area is 179 Å². The third-order valence-electron chi connectivity index (χ3n) is 4.00. The quantitative estimate of drug-likeness (QED) is 0.325. The molecule has 0 aliphatic carbocycles. The minimum absolute atomic E-state index is 0.0449. The number of aliphatic imine (C=N–C) groups is 1. The van der Waals surface area contributed by atoms with Gasteiger partial charge in [0, 0.05) is 17.1 Å². The van der Waals surface area contributed by atoms with Gasteiger partial charge >= 0.3 is 0 Å². The Morgan fingerprint density at radius 1 is 1.13 bits per heavy atom. The lowest BCUT2D eigenvalue weighted by molar-refractivity contribution is 0.100. The van der Waals surface area contributed by atoms with Crippen molar-refractivity contribution in [3.63, 3.8) is 0 Å². The average Bonchev–Trinajstić information content (AvgIpc) is 2.62. The van der Waals surface area contributed by atoms with Gasteiger partial charge in [-0.05, 0) is 63.1 Å². The molecule has 0 saturated carbocycles. The number of rotatable bonds is 5. The Morgan fingerprint density at radius 2 is 1.77 bits per heavy atom. The van der Waals surface area contributed by atoms with E-state index in [1.807, 2.05) is 20.8 Å². The van der Waals surface area contributed by atoms with Crippen LogP contribution in [0, 0.1) is 11.6 Å². The van der Waals surface area contributed by atoms with E-state index < -0.39 is 29.5 Å². The van der Waals surface area contributed by atoms with Gasteiger partial charge in [0.1, 0.15) is 11.6 Å². The maximum Gasteiger partial charge on any atom is 0.280 e. The molecule has 1 amide bonds. The number of carbonyl (C=O) groups is 1. The van der Waals surface area contributed by atoms with Crippen molar-refractivity contribution in [3.8, 4) is 0 Å². The molecular formula is C21H26ClF2N5O. The summed E-state index contributed by atoms with van der Waals surface area (Å²) in [5.74, 6) is -1.60. The predicted molar refractivity (Wildman–Crippen MR) is 115 cm³/mol. The molecule has 0 spiro atoms. The zero-order chi connectivity index (χ0) is 22.5. The van der Waals surface area contributed by atoms with Crippen molar-refractivity contribution < 1.29 is 13.6 Å². The van der Waals surface area contributed by atoms with E-state index in [0.29, 0.717) is 6.42 Å². The maximum atomic E-state index is 13.7. The summed E-state index contributed by atoms with van der Waals surface area (Å²) in [6.45, 7) is 5.64. The highest BCUT2D eigenvalue weighted by molar-refractivity contribution is 6.30. The SMILES string of the molecule is CC(C)(C)N/C(=N/C(=O)c1ccc(Cl)c(F)c1)NC(N)CC(N)c1ccc(F)cc1. The molecule has 9 heteroatoms. The first-order valence-electron chi connectivity index (χ1n) is 9.34. The standard InChI is InChI=1S/C21H26ClF2N5O/c1-21(2,3)29-20(28-19(30)13-6-9-15(22)16(24)10-13)27-18(26)11-17(25)12-4-7-14(23)8-5-12/h4-10,17-18H,11,25-26H2,1-3H3,(H2,27,28,29,30). The number of nitrogens with two attached hydrogens (primary N) is 2. The average molecular weight is 438 g/mol. The van der Waals surface area contributed by atoms with Crippen LogP contribution in [0.2, 0.25) is 5.02 Å². The molecule has 6 nitrogen and oxygen atoms in total. The number of halogens is 3. The summed E-state index contributed by atoms with van der Waals surface area (Å²) >= 11 is 5.66. The van der Waals surface area contributed by atoms with Crippen LogP contribution < -0.4 is 22.1 Å². The molecule has 0 heterocycles. The van der Waals surface area contributed by atoms with Crippen LogP contribution >= 0.6 is 11.6 Å². The topological polar surface area (TPSA) is 106 Å². The maximum absolute atomic E-state index is 13.7. The highest BCUT2D eigenvalue weighted by Gasteiger charge is 2.19. The number of guanidine groups is 1. The van der Waals surface area contributed by atoms with Crippen LogP contribution in [-0.4, -0.2) is 23.6 Å². The normalized spacial score (nSPS) is 14.2. The van der Waals surface area contributed by atoms with Crippen LogP contribution in [0.15, 0.2) is 47.5 Å². The van der Waals surface area contributed by atoms with Crippen LogP contribution in [0.1, 0.15) is 49.2 Å². The van der Waals surface area contributed by atoms with Crippen molar-refractivity contribution in [2.45, 2.75) is 44.9 Å². The van der Waals surface area contributed by atoms with Crippen molar-refractivity contribution >= 4 is 23.5 Å². The molecule has 6 N–H and O–H groups in total. The lowest BCUT2D eigenvalue weighted by atomic mass is 10.0. The summed E-state index contributed by atoms with van der Waals surface area (Å²) in [5, 5.41) is 5.91. The number of benzene rings is 2. The molecule has 0 aliphatic rings. The Balaban J connectivity index is 2.15. The number of amides is 1. The van der Waals surface area contributed by atoms with Gasteiger partial charge in [-0.2, -0.15) is 4.99 Å². The van der Waals surface area contributed by atoms with Gasteiger partial charge in [0.25, 0.3) is 5.91 Å². The van der Waals surface area contributed by atoms with Gasteiger partial charge in [-0.25, -0.2) is 8.78 Å². The molecule has 2 atom stereocenters. The fourth-order valence-electron chi connectivity index (χ4n) is 2.60. The number of nitrogens with one attached hydrogen (secondary N) is 2. The van der Waals surface area contributed by atoms with Crippen LogP contribution in [0.3, 0.4) is 0 Å². The fourth-order valence-corrected chi connectivity index (χ4v) is 2.72. The van der Waals surface area contributed by atoms with Gasteiger partial charge in [-0.1, -0.05) is 23.7 Å². The van der Waals surface area contributed by atoms with Crippen LogP contribution in [0.5, 0.6) is 0 Å². The molecule has 0 saturated heterocycles. The highest BCUT2D eigenvalue weighted by atomic mass is 35.5. The van der Waals surface area contributed by atoms with Gasteiger partial charge in [-0.15, -0.1) is 0 Å². The third kappa shape index (κ3) is 7.37. The van der Waals surface area contributed by atoms with Crippen LogP contribution in [-0.2, 0) is 0 Å². The molecule has 0 radical (unpaired) electrons. The molecule has 2 aromatic rings. The molecular weight excluding hydrogens is 412 g/mol. The van der Waals surface area contributed by atoms with E-state index in [9.17, 15) is 13.6 Å². The van der Waals surface area contributed by atoms with E-state index in [1.165, 1.54) is 24.3 Å². The second-order valence-corrected chi connectivity index (χ2v) is 8.32.